The van der Waals surface area contributed by atoms with Crippen molar-refractivity contribution in [1.29, 1.82) is 0 Å². The number of rotatable bonds is 12. The van der Waals surface area contributed by atoms with E-state index in [2.05, 4.69) is 5.32 Å². The molecular weight excluding hydrogens is 554 g/mol. The van der Waals surface area contributed by atoms with Crippen LogP contribution in [0.4, 0.5) is 5.69 Å². The molecule has 0 saturated carbocycles. The minimum atomic E-state index is -4.09. The molecule has 1 heterocycles. The molecule has 40 heavy (non-hydrogen) atoms. The molecule has 1 aliphatic rings. The fraction of sp³-hybridized carbons (Fsp3) is 0.321. The second kappa shape index (κ2) is 12.7. The Morgan fingerprint density at radius 3 is 2.25 bits per heavy atom. The minimum absolute atomic E-state index is 0.0462. The zero-order chi connectivity index (χ0) is 28.8. The SMILES string of the molecule is COc1ccc(C)cc1N(CC(=O)NCCOc1ccc(S(=O)(=O)N2CCCC2)cc1)S(=O)(=O)c1ccccc1. The van der Waals surface area contributed by atoms with E-state index in [0.717, 1.165) is 22.7 Å². The Labute approximate surface area is 235 Å². The van der Waals surface area contributed by atoms with Gasteiger partial charge in [-0.05, 0) is 73.9 Å². The Morgan fingerprint density at radius 2 is 1.60 bits per heavy atom. The first-order valence-corrected chi connectivity index (χ1v) is 15.7. The minimum Gasteiger partial charge on any atom is -0.495 e. The highest BCUT2D eigenvalue weighted by atomic mass is 32.2. The fourth-order valence-corrected chi connectivity index (χ4v) is 7.31. The van der Waals surface area contributed by atoms with E-state index in [-0.39, 0.29) is 28.6 Å². The third-order valence-electron chi connectivity index (χ3n) is 6.44. The average Bonchev–Trinajstić information content (AvgIpc) is 3.51. The number of carbonyl (C=O) groups is 1. The highest BCUT2D eigenvalue weighted by Gasteiger charge is 2.30. The summed E-state index contributed by atoms with van der Waals surface area (Å²) >= 11 is 0. The first-order chi connectivity index (χ1) is 19.1. The molecule has 0 aromatic heterocycles. The lowest BCUT2D eigenvalue weighted by molar-refractivity contribution is -0.119. The summed E-state index contributed by atoms with van der Waals surface area (Å²) in [5.74, 6) is 0.238. The molecule has 4 rings (SSSR count). The van der Waals surface area contributed by atoms with Crippen molar-refractivity contribution in [2.24, 2.45) is 0 Å². The number of methoxy groups -OCH3 is 1. The van der Waals surface area contributed by atoms with Crippen LogP contribution in [0.3, 0.4) is 0 Å². The van der Waals surface area contributed by atoms with Gasteiger partial charge in [0.1, 0.15) is 24.7 Å². The van der Waals surface area contributed by atoms with Crippen LogP contribution < -0.4 is 19.1 Å². The van der Waals surface area contributed by atoms with Crippen LogP contribution >= 0.6 is 0 Å². The maximum absolute atomic E-state index is 13.6. The molecule has 0 unspecified atom stereocenters. The van der Waals surface area contributed by atoms with E-state index in [1.165, 1.54) is 35.7 Å². The number of hydrogen-bond donors (Lipinski definition) is 1. The molecule has 0 aliphatic carbocycles. The fourth-order valence-electron chi connectivity index (χ4n) is 4.35. The van der Waals surface area contributed by atoms with Gasteiger partial charge in [0.15, 0.2) is 0 Å². The third kappa shape index (κ3) is 6.75. The van der Waals surface area contributed by atoms with E-state index in [1.807, 2.05) is 6.92 Å². The quantitative estimate of drug-likeness (QED) is 0.323. The van der Waals surface area contributed by atoms with Crippen molar-refractivity contribution in [3.63, 3.8) is 0 Å². The largest absolute Gasteiger partial charge is 0.495 e. The van der Waals surface area contributed by atoms with Crippen LogP contribution in [0.1, 0.15) is 18.4 Å². The van der Waals surface area contributed by atoms with Crippen LogP contribution in [0.25, 0.3) is 0 Å². The lowest BCUT2D eigenvalue weighted by Crippen LogP contribution is -2.42. The molecular formula is C28H33N3O7S2. The number of amides is 1. The second-order valence-electron chi connectivity index (χ2n) is 9.28. The number of sulfonamides is 2. The van der Waals surface area contributed by atoms with Crippen LogP contribution in [0, 0.1) is 6.92 Å². The molecule has 0 bridgehead atoms. The molecule has 0 radical (unpaired) electrons. The molecule has 10 nitrogen and oxygen atoms in total. The van der Waals surface area contributed by atoms with E-state index in [1.54, 1.807) is 48.5 Å². The van der Waals surface area contributed by atoms with Crippen molar-refractivity contribution in [3.05, 3.63) is 78.4 Å². The van der Waals surface area contributed by atoms with Gasteiger partial charge in [-0.3, -0.25) is 9.10 Å². The van der Waals surface area contributed by atoms with Gasteiger partial charge in [0.05, 0.1) is 29.1 Å². The van der Waals surface area contributed by atoms with Crippen LogP contribution in [0.15, 0.2) is 82.6 Å². The monoisotopic (exact) mass is 587 g/mol. The molecule has 1 aliphatic heterocycles. The molecule has 1 saturated heterocycles. The molecule has 1 amide bonds. The van der Waals surface area contributed by atoms with Gasteiger partial charge in [-0.25, -0.2) is 16.8 Å². The average molecular weight is 588 g/mol. The molecule has 214 valence electrons. The van der Waals surface area contributed by atoms with Crippen molar-refractivity contribution in [3.8, 4) is 11.5 Å². The number of anilines is 1. The molecule has 3 aromatic carbocycles. The zero-order valence-corrected chi connectivity index (χ0v) is 24.1. The van der Waals surface area contributed by atoms with E-state index in [0.29, 0.717) is 24.6 Å². The molecule has 1 fully saturated rings. The number of aryl methyl sites for hydroxylation is 1. The van der Waals surface area contributed by atoms with E-state index in [4.69, 9.17) is 9.47 Å². The molecule has 12 heteroatoms. The Bertz CT molecular complexity index is 1520. The predicted octanol–water partition coefficient (Wildman–Crippen LogP) is 3.18. The van der Waals surface area contributed by atoms with Gasteiger partial charge in [-0.1, -0.05) is 24.3 Å². The molecule has 1 N–H and O–H groups in total. The molecule has 3 aromatic rings. The highest BCUT2D eigenvalue weighted by Crippen LogP contribution is 2.33. The Morgan fingerprint density at radius 1 is 0.925 bits per heavy atom. The number of nitrogens with zero attached hydrogens (tertiary/aromatic N) is 2. The maximum atomic E-state index is 13.6. The Kier molecular flexibility index (Phi) is 9.33. The van der Waals surface area contributed by atoms with E-state index >= 15 is 0 Å². The third-order valence-corrected chi connectivity index (χ3v) is 10.1. The number of ether oxygens (including phenoxy) is 2. The summed E-state index contributed by atoms with van der Waals surface area (Å²) < 4.78 is 66.0. The predicted molar refractivity (Wildman–Crippen MR) is 152 cm³/mol. The highest BCUT2D eigenvalue weighted by molar-refractivity contribution is 7.93. The summed E-state index contributed by atoms with van der Waals surface area (Å²) in [5.41, 5.74) is 1.05. The number of benzene rings is 3. The van der Waals surface area contributed by atoms with Crippen molar-refractivity contribution < 1.29 is 31.1 Å². The maximum Gasteiger partial charge on any atom is 0.264 e. The summed E-state index contributed by atoms with van der Waals surface area (Å²) in [6.07, 6.45) is 1.72. The van der Waals surface area contributed by atoms with Crippen molar-refractivity contribution in [2.75, 3.05) is 44.2 Å². The molecule has 0 spiro atoms. The van der Waals surface area contributed by atoms with Crippen LogP contribution in [0.2, 0.25) is 0 Å². The number of nitrogens with one attached hydrogen (secondary N) is 1. The van der Waals surface area contributed by atoms with Gasteiger partial charge in [0.2, 0.25) is 15.9 Å². The van der Waals surface area contributed by atoms with Crippen molar-refractivity contribution >= 4 is 31.6 Å². The zero-order valence-electron chi connectivity index (χ0n) is 22.4. The lowest BCUT2D eigenvalue weighted by Gasteiger charge is -2.26. The van der Waals surface area contributed by atoms with Gasteiger partial charge >= 0.3 is 0 Å². The van der Waals surface area contributed by atoms with Gasteiger partial charge in [-0.2, -0.15) is 4.31 Å². The van der Waals surface area contributed by atoms with Gasteiger partial charge in [0.25, 0.3) is 10.0 Å². The summed E-state index contributed by atoms with van der Waals surface area (Å²) in [5, 5.41) is 2.69. The van der Waals surface area contributed by atoms with Gasteiger partial charge in [-0.15, -0.1) is 0 Å². The first-order valence-electron chi connectivity index (χ1n) is 12.8. The van der Waals surface area contributed by atoms with Crippen LogP contribution in [-0.2, 0) is 24.8 Å². The van der Waals surface area contributed by atoms with Gasteiger partial charge in [0, 0.05) is 13.1 Å². The van der Waals surface area contributed by atoms with Gasteiger partial charge < -0.3 is 14.8 Å². The number of hydrogen-bond acceptors (Lipinski definition) is 7. The normalized spacial score (nSPS) is 14.1. The number of carbonyl (C=O) groups excluding carboxylic acids is 1. The topological polar surface area (TPSA) is 122 Å². The Hall–Kier alpha value is -3.61. The smallest absolute Gasteiger partial charge is 0.264 e. The van der Waals surface area contributed by atoms with Crippen LogP contribution in [0.5, 0.6) is 11.5 Å². The summed E-state index contributed by atoms with van der Waals surface area (Å²) in [6, 6.07) is 19.1. The summed E-state index contributed by atoms with van der Waals surface area (Å²) in [6.45, 7) is 2.62. The standard InChI is InChI=1S/C28H33N3O7S2/c1-22-10-15-27(37-2)26(20-22)31(40(35,36)24-8-4-3-5-9-24)21-28(32)29-16-19-38-23-11-13-25(14-12-23)39(33,34)30-17-6-7-18-30/h3-5,8-15,20H,6-7,16-19,21H2,1-2H3,(H,29,32). The second-order valence-corrected chi connectivity index (χ2v) is 13.1. The van der Waals surface area contributed by atoms with E-state index in [9.17, 15) is 21.6 Å². The van der Waals surface area contributed by atoms with Crippen molar-refractivity contribution in [1.82, 2.24) is 9.62 Å². The lowest BCUT2D eigenvalue weighted by atomic mass is 10.2. The van der Waals surface area contributed by atoms with Crippen LogP contribution in [-0.4, -0.2) is 66.9 Å². The van der Waals surface area contributed by atoms with E-state index < -0.39 is 32.5 Å². The first kappa shape index (κ1) is 29.4. The Balaban J connectivity index is 1.39. The summed E-state index contributed by atoms with van der Waals surface area (Å²) in [4.78, 5) is 13.2. The molecule has 0 atom stereocenters. The summed E-state index contributed by atoms with van der Waals surface area (Å²) in [7, 11) is -6.16. The van der Waals surface area contributed by atoms with Crippen molar-refractivity contribution in [2.45, 2.75) is 29.6 Å².